The van der Waals surface area contributed by atoms with E-state index in [1.165, 1.54) is 44.9 Å². The van der Waals surface area contributed by atoms with Crippen molar-refractivity contribution >= 4 is 0 Å². The molecule has 4 fully saturated rings. The predicted octanol–water partition coefficient (Wildman–Crippen LogP) is 6.19. The van der Waals surface area contributed by atoms with Gasteiger partial charge in [0.1, 0.15) is 0 Å². The summed E-state index contributed by atoms with van der Waals surface area (Å²) in [7, 11) is 0. The highest BCUT2D eigenvalue weighted by Gasteiger charge is 2.60. The molecule has 5 unspecified atom stereocenters. The van der Waals surface area contributed by atoms with Crippen molar-refractivity contribution in [1.82, 2.24) is 0 Å². The second-order valence-electron chi connectivity index (χ2n) is 12.3. The summed E-state index contributed by atoms with van der Waals surface area (Å²) in [6, 6.07) is 0. The third-order valence-electron chi connectivity index (χ3n) is 10.5. The summed E-state index contributed by atoms with van der Waals surface area (Å²) in [5.41, 5.74) is 0.954. The van der Waals surface area contributed by atoms with E-state index in [0.717, 1.165) is 61.7 Å². The van der Waals surface area contributed by atoms with Gasteiger partial charge in [0.2, 0.25) is 0 Å². The van der Waals surface area contributed by atoms with Gasteiger partial charge in [-0.1, -0.05) is 27.7 Å². The summed E-state index contributed by atoms with van der Waals surface area (Å²) in [6.07, 6.45) is 14.7. The summed E-state index contributed by atoms with van der Waals surface area (Å²) < 4.78 is 0. The number of hydrogen-bond acceptors (Lipinski definition) is 2. The molecule has 0 saturated heterocycles. The Morgan fingerprint density at radius 3 is 2.32 bits per heavy atom. The highest BCUT2D eigenvalue weighted by Crippen LogP contribution is 2.67. The van der Waals surface area contributed by atoms with Gasteiger partial charge in [-0.15, -0.1) is 0 Å². The summed E-state index contributed by atoms with van der Waals surface area (Å²) >= 11 is 0. The molecule has 2 nitrogen and oxygen atoms in total. The maximum atomic E-state index is 10.7. The summed E-state index contributed by atoms with van der Waals surface area (Å²) in [5.74, 6) is 4.88. The van der Waals surface area contributed by atoms with E-state index < -0.39 is 0 Å². The van der Waals surface area contributed by atoms with Gasteiger partial charge < -0.3 is 10.2 Å². The molecular weight excluding hydrogens is 344 g/mol. The van der Waals surface area contributed by atoms with Crippen LogP contribution in [0.15, 0.2) is 0 Å². The lowest BCUT2D eigenvalue weighted by Gasteiger charge is -2.61. The molecule has 9 atom stereocenters. The van der Waals surface area contributed by atoms with Gasteiger partial charge in [-0.05, 0) is 123 Å². The van der Waals surface area contributed by atoms with Crippen molar-refractivity contribution < 1.29 is 10.2 Å². The van der Waals surface area contributed by atoms with Crippen molar-refractivity contribution in [3.63, 3.8) is 0 Å². The van der Waals surface area contributed by atoms with E-state index in [2.05, 4.69) is 27.7 Å². The molecule has 4 rings (SSSR count). The van der Waals surface area contributed by atoms with Crippen LogP contribution in [0.5, 0.6) is 0 Å². The second kappa shape index (κ2) is 7.88. The van der Waals surface area contributed by atoms with Gasteiger partial charge in [0.25, 0.3) is 0 Å². The molecule has 2 N–H and O–H groups in total. The smallest absolute Gasteiger partial charge is 0.0543 e. The monoisotopic (exact) mass is 390 g/mol. The van der Waals surface area contributed by atoms with Crippen molar-refractivity contribution in [3.05, 3.63) is 0 Å². The molecule has 0 aromatic carbocycles. The van der Waals surface area contributed by atoms with Crippen LogP contribution in [0.3, 0.4) is 0 Å². The summed E-state index contributed by atoms with van der Waals surface area (Å²) in [4.78, 5) is 0. The zero-order valence-electron chi connectivity index (χ0n) is 19.0. The molecular formula is C26H46O2. The second-order valence-corrected chi connectivity index (χ2v) is 12.3. The first-order chi connectivity index (χ1) is 13.2. The van der Waals surface area contributed by atoms with Crippen LogP contribution in [0.25, 0.3) is 0 Å². The first kappa shape index (κ1) is 21.2. The maximum absolute atomic E-state index is 10.7. The fraction of sp³-hybridized carbons (Fsp3) is 1.00. The third kappa shape index (κ3) is 3.59. The minimum absolute atomic E-state index is 0.0355. The molecule has 28 heavy (non-hydrogen) atoms. The quantitative estimate of drug-likeness (QED) is 0.587. The van der Waals surface area contributed by atoms with E-state index >= 15 is 0 Å². The van der Waals surface area contributed by atoms with Gasteiger partial charge >= 0.3 is 0 Å². The van der Waals surface area contributed by atoms with Crippen molar-refractivity contribution in [2.75, 3.05) is 0 Å². The number of aliphatic hydroxyl groups excluding tert-OH is 2. The molecule has 0 amide bonds. The fourth-order valence-corrected chi connectivity index (χ4v) is 8.70. The van der Waals surface area contributed by atoms with Crippen LogP contribution in [-0.4, -0.2) is 22.4 Å². The Labute approximate surface area is 173 Å². The minimum atomic E-state index is -0.0891. The van der Waals surface area contributed by atoms with Crippen LogP contribution in [0.2, 0.25) is 0 Å². The third-order valence-corrected chi connectivity index (χ3v) is 10.5. The van der Waals surface area contributed by atoms with Gasteiger partial charge in [-0.3, -0.25) is 0 Å². The van der Waals surface area contributed by atoms with E-state index in [4.69, 9.17) is 0 Å². The number of rotatable bonds is 5. The van der Waals surface area contributed by atoms with Crippen LogP contribution in [0.1, 0.15) is 105 Å². The predicted molar refractivity (Wildman–Crippen MR) is 116 cm³/mol. The Morgan fingerprint density at radius 2 is 1.57 bits per heavy atom. The van der Waals surface area contributed by atoms with Crippen LogP contribution in [0.4, 0.5) is 0 Å². The van der Waals surface area contributed by atoms with Crippen molar-refractivity contribution in [2.45, 2.75) is 117 Å². The van der Waals surface area contributed by atoms with Gasteiger partial charge in [-0.25, -0.2) is 0 Å². The molecule has 4 aliphatic carbocycles. The lowest BCUT2D eigenvalue weighted by Crippen LogP contribution is -2.54. The van der Waals surface area contributed by atoms with Gasteiger partial charge in [-0.2, -0.15) is 0 Å². The lowest BCUT2D eigenvalue weighted by molar-refractivity contribution is -0.128. The molecule has 162 valence electrons. The van der Waals surface area contributed by atoms with Crippen molar-refractivity contribution in [2.24, 2.45) is 46.3 Å². The van der Waals surface area contributed by atoms with Crippen LogP contribution in [0, 0.1) is 46.3 Å². The average molecular weight is 391 g/mol. The Bertz CT molecular complexity index is 545. The Hall–Kier alpha value is -0.0800. The molecule has 4 aliphatic rings. The molecule has 0 bridgehead atoms. The number of fused-ring (bicyclic) bond motifs is 5. The van der Waals surface area contributed by atoms with Crippen LogP contribution < -0.4 is 0 Å². The average Bonchev–Trinajstić information content (AvgIpc) is 2.97. The topological polar surface area (TPSA) is 40.5 Å². The van der Waals surface area contributed by atoms with E-state index in [1.807, 2.05) is 0 Å². The van der Waals surface area contributed by atoms with E-state index in [0.29, 0.717) is 16.7 Å². The zero-order chi connectivity index (χ0) is 20.1. The Kier molecular flexibility index (Phi) is 5.95. The zero-order valence-corrected chi connectivity index (χ0v) is 19.0. The largest absolute Gasteiger partial charge is 0.393 e. The summed E-state index contributed by atoms with van der Waals surface area (Å²) in [5, 5.41) is 20.9. The molecule has 4 saturated carbocycles. The maximum Gasteiger partial charge on any atom is 0.0543 e. The highest BCUT2D eigenvalue weighted by molar-refractivity contribution is 5.09. The van der Waals surface area contributed by atoms with Crippen molar-refractivity contribution in [1.29, 1.82) is 0 Å². The lowest BCUT2D eigenvalue weighted by atomic mass is 9.44. The first-order valence-corrected chi connectivity index (χ1v) is 12.6. The van der Waals surface area contributed by atoms with E-state index in [9.17, 15) is 10.2 Å². The molecule has 0 heterocycles. The normalized spacial score (nSPS) is 49.4. The molecule has 0 aromatic rings. The van der Waals surface area contributed by atoms with E-state index in [-0.39, 0.29) is 12.2 Å². The number of hydrogen-bond donors (Lipinski definition) is 2. The highest BCUT2D eigenvalue weighted by atomic mass is 16.3. The minimum Gasteiger partial charge on any atom is -0.393 e. The molecule has 0 spiro atoms. The van der Waals surface area contributed by atoms with Gasteiger partial charge in [0.05, 0.1) is 12.2 Å². The Balaban J connectivity index is 1.45. The SMILES string of the molecule is CC(C)CC[C@H](O)C[C@H]1CCC2C3CCC4C[C@@H](O)CCC4(C)C3CC[C@@]21C. The molecule has 2 heteroatoms. The molecule has 0 aliphatic heterocycles. The van der Waals surface area contributed by atoms with Gasteiger partial charge in [0.15, 0.2) is 0 Å². The number of aliphatic hydroxyl groups is 2. The van der Waals surface area contributed by atoms with Gasteiger partial charge in [0, 0.05) is 0 Å². The van der Waals surface area contributed by atoms with Crippen LogP contribution in [-0.2, 0) is 0 Å². The fourth-order valence-electron chi connectivity index (χ4n) is 8.70. The molecule has 0 aromatic heterocycles. The standard InChI is InChI=1S/C26H46O2/c1-17(2)5-8-20(27)15-19-7-10-23-22-9-6-18-16-21(28)11-13-25(18,3)24(22)12-14-26(19,23)4/h17-24,27-28H,5-16H2,1-4H3/t18?,19-,20+,21+,22?,23?,24?,25?,26-/m1/s1. The first-order valence-electron chi connectivity index (χ1n) is 12.6. The Morgan fingerprint density at radius 1 is 0.857 bits per heavy atom. The van der Waals surface area contributed by atoms with Crippen molar-refractivity contribution in [3.8, 4) is 0 Å². The molecule has 0 radical (unpaired) electrons. The summed E-state index contributed by atoms with van der Waals surface area (Å²) in [6.45, 7) is 9.72. The van der Waals surface area contributed by atoms with E-state index in [1.54, 1.807) is 0 Å². The van der Waals surface area contributed by atoms with Crippen LogP contribution >= 0.6 is 0 Å².